The van der Waals surface area contributed by atoms with Gasteiger partial charge in [0.05, 0.1) is 11.5 Å². The Morgan fingerprint density at radius 2 is 1.65 bits per heavy atom. The fraction of sp³-hybridized carbons (Fsp3) is 0.389. The minimum Gasteiger partial charge on any atom is -0.457 e. The number of esters is 1. The van der Waals surface area contributed by atoms with Crippen LogP contribution in [-0.4, -0.2) is 22.7 Å². The van der Waals surface area contributed by atoms with Gasteiger partial charge in [-0.1, -0.05) is 24.3 Å². The average molecular weight is 313 g/mol. The zero-order valence-corrected chi connectivity index (χ0v) is 13.4. The molecule has 0 radical (unpaired) electrons. The first-order chi connectivity index (χ1) is 10.8. The molecule has 1 aliphatic carbocycles. The molecule has 3 rings (SSSR count). The summed E-state index contributed by atoms with van der Waals surface area (Å²) >= 11 is 0. The molecule has 0 N–H and O–H groups in total. The van der Waals surface area contributed by atoms with Crippen LogP contribution in [0.15, 0.2) is 36.4 Å². The van der Waals surface area contributed by atoms with Gasteiger partial charge in [0.25, 0.3) is 11.8 Å². The lowest BCUT2D eigenvalue weighted by molar-refractivity contribution is -0.159. The van der Waals surface area contributed by atoms with Gasteiger partial charge in [-0.25, -0.2) is 0 Å². The van der Waals surface area contributed by atoms with Gasteiger partial charge in [0.15, 0.2) is 0 Å². The summed E-state index contributed by atoms with van der Waals surface area (Å²) in [6, 6.07) is 7.10. The van der Waals surface area contributed by atoms with E-state index in [0.29, 0.717) is 6.42 Å². The fourth-order valence-corrected chi connectivity index (χ4v) is 2.95. The molecule has 120 valence electrons. The third-order valence-electron chi connectivity index (χ3n) is 4.16. The van der Waals surface area contributed by atoms with Gasteiger partial charge in [-0.05, 0) is 31.9 Å². The van der Waals surface area contributed by atoms with Crippen LogP contribution in [0.2, 0.25) is 0 Å². The van der Waals surface area contributed by atoms with Gasteiger partial charge in [-0.3, -0.25) is 19.3 Å². The van der Waals surface area contributed by atoms with Crippen molar-refractivity contribution in [2.75, 3.05) is 0 Å². The number of benzene rings is 1. The second-order valence-electron chi connectivity index (χ2n) is 6.90. The molecule has 0 spiro atoms. The quantitative estimate of drug-likeness (QED) is 0.622. The Hall–Kier alpha value is -2.43. The maximum absolute atomic E-state index is 12.2. The van der Waals surface area contributed by atoms with Crippen LogP contribution < -0.4 is 0 Å². The molecule has 0 aromatic heterocycles. The molecule has 0 unspecified atom stereocenters. The summed E-state index contributed by atoms with van der Waals surface area (Å²) in [5.41, 5.74) is 1.13. The highest BCUT2D eigenvalue weighted by atomic mass is 16.5. The molecule has 5 nitrogen and oxygen atoms in total. The maximum Gasteiger partial charge on any atom is 0.311 e. The van der Waals surface area contributed by atoms with Crippen molar-refractivity contribution >= 4 is 17.8 Å². The van der Waals surface area contributed by atoms with Crippen molar-refractivity contribution in [3.8, 4) is 0 Å². The van der Waals surface area contributed by atoms with Crippen LogP contribution in [0.1, 0.15) is 50.5 Å². The monoisotopic (exact) mass is 313 g/mol. The summed E-state index contributed by atoms with van der Waals surface area (Å²) in [7, 11) is 0. The number of ether oxygens (including phenoxy) is 1. The van der Waals surface area contributed by atoms with E-state index in [1.54, 1.807) is 20.8 Å². The first-order valence-electron chi connectivity index (χ1n) is 7.64. The average Bonchev–Trinajstić information content (AvgIpc) is 2.99. The van der Waals surface area contributed by atoms with Gasteiger partial charge in [-0.2, -0.15) is 0 Å². The first kappa shape index (κ1) is 15.5. The van der Waals surface area contributed by atoms with E-state index in [1.807, 2.05) is 24.3 Å². The van der Waals surface area contributed by atoms with Crippen molar-refractivity contribution < 1.29 is 19.1 Å². The number of amides is 2. The number of imide groups is 1. The smallest absolute Gasteiger partial charge is 0.311 e. The molecule has 2 aliphatic rings. The molecule has 5 heteroatoms. The highest BCUT2D eigenvalue weighted by Gasteiger charge is 2.42. The Morgan fingerprint density at radius 3 is 2.22 bits per heavy atom. The van der Waals surface area contributed by atoms with Crippen LogP contribution in [0, 0.1) is 5.41 Å². The number of hydrogen-bond donors (Lipinski definition) is 0. The van der Waals surface area contributed by atoms with E-state index in [-0.39, 0.29) is 23.8 Å². The predicted molar refractivity (Wildman–Crippen MR) is 83.1 cm³/mol. The van der Waals surface area contributed by atoms with Crippen LogP contribution >= 0.6 is 0 Å². The van der Waals surface area contributed by atoms with Gasteiger partial charge in [-0.15, -0.1) is 0 Å². The van der Waals surface area contributed by atoms with E-state index in [2.05, 4.69) is 0 Å². The number of carbonyl (C=O) groups excluding carboxylic acids is 3. The molecule has 0 fully saturated rings. The normalized spacial score (nSPS) is 23.3. The summed E-state index contributed by atoms with van der Waals surface area (Å²) in [4.78, 5) is 37.4. The van der Waals surface area contributed by atoms with E-state index >= 15 is 0 Å². The Balaban J connectivity index is 1.90. The lowest BCUT2D eigenvalue weighted by atomic mass is 9.97. The van der Waals surface area contributed by atoms with Crippen molar-refractivity contribution in [3.05, 3.63) is 47.5 Å². The molecule has 0 bridgehead atoms. The van der Waals surface area contributed by atoms with Crippen LogP contribution in [0.3, 0.4) is 0 Å². The number of hydrogen-bond acceptors (Lipinski definition) is 4. The Bertz CT molecular complexity index is 696. The van der Waals surface area contributed by atoms with Crippen LogP contribution in [0.25, 0.3) is 0 Å². The Morgan fingerprint density at radius 1 is 1.09 bits per heavy atom. The minimum absolute atomic E-state index is 0.296. The van der Waals surface area contributed by atoms with Crippen LogP contribution in [0.4, 0.5) is 0 Å². The van der Waals surface area contributed by atoms with E-state index in [4.69, 9.17) is 4.74 Å². The van der Waals surface area contributed by atoms with Crippen molar-refractivity contribution in [2.45, 2.75) is 39.3 Å². The topological polar surface area (TPSA) is 63.7 Å². The van der Waals surface area contributed by atoms with Gasteiger partial charge < -0.3 is 4.74 Å². The summed E-state index contributed by atoms with van der Waals surface area (Å²) in [6.07, 6.45) is 2.52. The zero-order chi connectivity index (χ0) is 16.8. The van der Waals surface area contributed by atoms with Crippen molar-refractivity contribution in [3.63, 3.8) is 0 Å². The fourth-order valence-electron chi connectivity index (χ4n) is 2.95. The molecule has 1 aromatic carbocycles. The van der Waals surface area contributed by atoms with Crippen molar-refractivity contribution in [2.24, 2.45) is 5.41 Å². The summed E-state index contributed by atoms with van der Waals surface area (Å²) in [5, 5.41) is 0. The third-order valence-corrected chi connectivity index (χ3v) is 4.16. The number of fused-ring (bicyclic) bond motifs is 1. The molecule has 0 saturated heterocycles. The lowest BCUT2D eigenvalue weighted by Crippen LogP contribution is -2.33. The van der Waals surface area contributed by atoms with E-state index in [9.17, 15) is 14.4 Å². The molecule has 2 atom stereocenters. The highest BCUT2D eigenvalue weighted by molar-refractivity contribution is 6.13. The maximum atomic E-state index is 12.2. The molecule has 23 heavy (non-hydrogen) atoms. The van der Waals surface area contributed by atoms with Gasteiger partial charge in [0, 0.05) is 18.6 Å². The summed E-state index contributed by atoms with van der Waals surface area (Å²) in [5.74, 6) is -0.939. The lowest BCUT2D eigenvalue weighted by Gasteiger charge is -2.24. The summed E-state index contributed by atoms with van der Waals surface area (Å²) < 4.78 is 5.65. The van der Waals surface area contributed by atoms with Gasteiger partial charge >= 0.3 is 5.97 Å². The molecule has 1 heterocycles. The standard InChI is InChI=1S/C18H19NO4/c1-18(2,3)17(22)23-14-10-13(11-6-4-5-7-12(11)14)19-15(20)8-9-16(19)21/h4-9,13-14H,10H2,1-3H3/t13-,14-/m0/s1. The third kappa shape index (κ3) is 2.67. The van der Waals surface area contributed by atoms with Crippen molar-refractivity contribution in [1.82, 2.24) is 4.90 Å². The predicted octanol–water partition coefficient (Wildman–Crippen LogP) is 2.69. The molecule has 1 aromatic rings. The molecule has 2 amide bonds. The van der Waals surface area contributed by atoms with E-state index in [1.165, 1.54) is 17.1 Å². The van der Waals surface area contributed by atoms with E-state index < -0.39 is 11.5 Å². The summed E-state index contributed by atoms with van der Waals surface area (Å²) in [6.45, 7) is 5.39. The number of rotatable bonds is 2. The first-order valence-corrected chi connectivity index (χ1v) is 7.64. The molecule has 1 aliphatic heterocycles. The molecule has 0 saturated carbocycles. The largest absolute Gasteiger partial charge is 0.457 e. The highest BCUT2D eigenvalue weighted by Crippen LogP contribution is 2.45. The second-order valence-corrected chi connectivity index (χ2v) is 6.90. The van der Waals surface area contributed by atoms with Gasteiger partial charge in [0.1, 0.15) is 6.10 Å². The SMILES string of the molecule is CC(C)(C)C(=O)O[C@H]1C[C@H](N2C(=O)C=CC2=O)c2ccccc21. The number of nitrogens with zero attached hydrogens (tertiary/aromatic N) is 1. The van der Waals surface area contributed by atoms with Crippen LogP contribution in [-0.2, 0) is 19.1 Å². The van der Waals surface area contributed by atoms with Crippen molar-refractivity contribution in [1.29, 1.82) is 0 Å². The zero-order valence-electron chi connectivity index (χ0n) is 13.4. The van der Waals surface area contributed by atoms with E-state index in [0.717, 1.165) is 11.1 Å². The minimum atomic E-state index is -0.603. The second kappa shape index (κ2) is 5.33. The Labute approximate surface area is 134 Å². The molecular formula is C18H19NO4. The van der Waals surface area contributed by atoms with Crippen LogP contribution in [0.5, 0.6) is 0 Å². The molecular weight excluding hydrogens is 294 g/mol. The Kier molecular flexibility index (Phi) is 3.59. The number of carbonyl (C=O) groups is 3. The van der Waals surface area contributed by atoms with Gasteiger partial charge in [0.2, 0.25) is 0 Å².